The van der Waals surface area contributed by atoms with Crippen LogP contribution in [-0.4, -0.2) is 15.6 Å². The van der Waals surface area contributed by atoms with E-state index in [2.05, 4.69) is 49.7 Å². The largest absolute Gasteiger partial charge is 0.328 e. The molecule has 2 aromatic carbocycles. The van der Waals surface area contributed by atoms with E-state index in [1.54, 1.807) is 0 Å². The molecule has 0 amide bonds. The highest BCUT2D eigenvalue weighted by Gasteiger charge is 2.10. The predicted octanol–water partition coefficient (Wildman–Crippen LogP) is 3.68. The molecule has 3 aromatic rings. The van der Waals surface area contributed by atoms with Crippen molar-refractivity contribution in [1.82, 2.24) is 9.55 Å². The van der Waals surface area contributed by atoms with Crippen LogP contribution in [-0.2, 0) is 6.42 Å². The lowest BCUT2D eigenvalue weighted by atomic mass is 10.1. The molecule has 0 saturated carbocycles. The molecule has 1 atom stereocenters. The molecular formula is C16H16BrN3. The molecule has 20 heavy (non-hydrogen) atoms. The summed E-state index contributed by atoms with van der Waals surface area (Å²) in [6.07, 6.45) is 2.71. The van der Waals surface area contributed by atoms with Crippen molar-refractivity contribution < 1.29 is 0 Å². The van der Waals surface area contributed by atoms with E-state index in [-0.39, 0.29) is 6.04 Å². The summed E-state index contributed by atoms with van der Waals surface area (Å²) in [4.78, 5) is 4.46. The maximum absolute atomic E-state index is 5.97. The van der Waals surface area contributed by atoms with Crippen LogP contribution in [0.25, 0.3) is 16.7 Å². The molecule has 1 unspecified atom stereocenters. The first-order valence-electron chi connectivity index (χ1n) is 6.61. The van der Waals surface area contributed by atoms with E-state index < -0.39 is 0 Å². The number of rotatable bonds is 3. The highest BCUT2D eigenvalue weighted by atomic mass is 79.9. The number of nitrogens with two attached hydrogens (primary N) is 1. The van der Waals surface area contributed by atoms with Crippen molar-refractivity contribution in [1.29, 1.82) is 0 Å². The Labute approximate surface area is 126 Å². The quantitative estimate of drug-likeness (QED) is 0.796. The van der Waals surface area contributed by atoms with Gasteiger partial charge in [0.15, 0.2) is 0 Å². The maximum atomic E-state index is 5.97. The molecule has 0 fully saturated rings. The summed E-state index contributed by atoms with van der Waals surface area (Å²) in [5.41, 5.74) is 10.4. The molecule has 0 saturated heterocycles. The van der Waals surface area contributed by atoms with Crippen molar-refractivity contribution in [2.24, 2.45) is 5.73 Å². The van der Waals surface area contributed by atoms with Crippen LogP contribution in [0.1, 0.15) is 12.5 Å². The molecule has 0 spiro atoms. The Morgan fingerprint density at radius 2 is 2.05 bits per heavy atom. The average Bonchev–Trinajstić information content (AvgIpc) is 2.82. The van der Waals surface area contributed by atoms with Gasteiger partial charge in [-0.3, -0.25) is 4.57 Å². The minimum absolute atomic E-state index is 0.123. The Kier molecular flexibility index (Phi) is 3.59. The van der Waals surface area contributed by atoms with Crippen LogP contribution in [0.5, 0.6) is 0 Å². The van der Waals surface area contributed by atoms with Crippen LogP contribution in [0.4, 0.5) is 0 Å². The molecule has 4 heteroatoms. The number of aromatic nitrogens is 2. The molecule has 3 nitrogen and oxygen atoms in total. The van der Waals surface area contributed by atoms with Gasteiger partial charge >= 0.3 is 0 Å². The SMILES string of the molecule is CC(N)Cc1cc(Br)ccc1-n1cnc2ccccc21. The number of benzene rings is 2. The standard InChI is InChI=1S/C16H16BrN3/c1-11(18)8-12-9-13(17)6-7-15(12)20-10-19-14-4-2-3-5-16(14)20/h2-7,9-11H,8,18H2,1H3. The summed E-state index contributed by atoms with van der Waals surface area (Å²) in [5.74, 6) is 0. The monoisotopic (exact) mass is 329 g/mol. The van der Waals surface area contributed by atoms with Crippen molar-refractivity contribution in [2.75, 3.05) is 0 Å². The van der Waals surface area contributed by atoms with Gasteiger partial charge in [0.05, 0.1) is 16.7 Å². The maximum Gasteiger partial charge on any atom is 0.100 e. The van der Waals surface area contributed by atoms with Crippen molar-refractivity contribution >= 4 is 27.0 Å². The molecule has 102 valence electrons. The zero-order valence-corrected chi connectivity index (χ0v) is 12.8. The average molecular weight is 330 g/mol. The van der Waals surface area contributed by atoms with Gasteiger partial charge in [-0.25, -0.2) is 4.98 Å². The minimum Gasteiger partial charge on any atom is -0.328 e. The van der Waals surface area contributed by atoms with E-state index in [0.717, 1.165) is 27.6 Å². The highest BCUT2D eigenvalue weighted by Crippen LogP contribution is 2.24. The first-order valence-corrected chi connectivity index (χ1v) is 7.41. The van der Waals surface area contributed by atoms with E-state index in [4.69, 9.17) is 5.73 Å². The number of para-hydroxylation sites is 2. The molecule has 1 heterocycles. The number of imidazole rings is 1. The molecule has 0 aliphatic rings. The number of hydrogen-bond acceptors (Lipinski definition) is 2. The van der Waals surface area contributed by atoms with Gasteiger partial charge in [-0.1, -0.05) is 28.1 Å². The van der Waals surface area contributed by atoms with E-state index >= 15 is 0 Å². The molecule has 0 bridgehead atoms. The van der Waals surface area contributed by atoms with Crippen LogP contribution in [0.2, 0.25) is 0 Å². The summed E-state index contributed by atoms with van der Waals surface area (Å²) < 4.78 is 3.20. The van der Waals surface area contributed by atoms with Crippen molar-refractivity contribution in [3.05, 3.63) is 58.8 Å². The highest BCUT2D eigenvalue weighted by molar-refractivity contribution is 9.10. The van der Waals surface area contributed by atoms with E-state index in [1.165, 1.54) is 5.56 Å². The van der Waals surface area contributed by atoms with Crippen LogP contribution in [0.15, 0.2) is 53.3 Å². The molecule has 0 radical (unpaired) electrons. The molecule has 1 aromatic heterocycles. The third-order valence-corrected chi connectivity index (χ3v) is 3.79. The fourth-order valence-electron chi connectivity index (χ4n) is 2.45. The summed E-state index contributed by atoms with van der Waals surface area (Å²) in [7, 11) is 0. The lowest BCUT2D eigenvalue weighted by Gasteiger charge is -2.13. The van der Waals surface area contributed by atoms with Gasteiger partial charge in [0.2, 0.25) is 0 Å². The number of halogens is 1. The fourth-order valence-corrected chi connectivity index (χ4v) is 2.86. The summed E-state index contributed by atoms with van der Waals surface area (Å²) in [5, 5.41) is 0. The summed E-state index contributed by atoms with van der Waals surface area (Å²) in [6, 6.07) is 14.6. The third kappa shape index (κ3) is 2.49. The topological polar surface area (TPSA) is 43.8 Å². The number of hydrogen-bond donors (Lipinski definition) is 1. The van der Waals surface area contributed by atoms with E-state index in [0.29, 0.717) is 0 Å². The second kappa shape index (κ2) is 5.38. The number of nitrogens with zero attached hydrogens (tertiary/aromatic N) is 2. The van der Waals surface area contributed by atoms with Crippen LogP contribution >= 0.6 is 15.9 Å². The molecule has 0 aliphatic heterocycles. The Bertz CT molecular complexity index is 746. The zero-order chi connectivity index (χ0) is 14.1. The smallest absolute Gasteiger partial charge is 0.100 e. The van der Waals surface area contributed by atoms with E-state index in [1.807, 2.05) is 31.5 Å². The number of fused-ring (bicyclic) bond motifs is 1. The van der Waals surface area contributed by atoms with Gasteiger partial charge in [0, 0.05) is 10.5 Å². The minimum atomic E-state index is 0.123. The van der Waals surface area contributed by atoms with Crippen molar-refractivity contribution in [3.8, 4) is 5.69 Å². The Hall–Kier alpha value is -1.65. The van der Waals surface area contributed by atoms with Gasteiger partial charge in [-0.05, 0) is 49.2 Å². The second-order valence-electron chi connectivity index (χ2n) is 5.06. The lowest BCUT2D eigenvalue weighted by Crippen LogP contribution is -2.19. The molecule has 0 aliphatic carbocycles. The van der Waals surface area contributed by atoms with Crippen LogP contribution in [0.3, 0.4) is 0 Å². The van der Waals surface area contributed by atoms with Gasteiger partial charge in [-0.15, -0.1) is 0 Å². The Morgan fingerprint density at radius 1 is 1.25 bits per heavy atom. The van der Waals surface area contributed by atoms with Gasteiger partial charge in [-0.2, -0.15) is 0 Å². The predicted molar refractivity (Wildman–Crippen MR) is 86.1 cm³/mol. The fraction of sp³-hybridized carbons (Fsp3) is 0.188. The third-order valence-electron chi connectivity index (χ3n) is 3.30. The Balaban J connectivity index is 2.18. The van der Waals surface area contributed by atoms with Crippen molar-refractivity contribution in [2.45, 2.75) is 19.4 Å². The first kappa shape index (κ1) is 13.3. The normalized spacial score (nSPS) is 12.8. The van der Waals surface area contributed by atoms with Crippen molar-refractivity contribution in [3.63, 3.8) is 0 Å². The van der Waals surface area contributed by atoms with Gasteiger partial charge < -0.3 is 5.73 Å². The van der Waals surface area contributed by atoms with Crippen LogP contribution < -0.4 is 5.73 Å². The zero-order valence-electron chi connectivity index (χ0n) is 11.3. The summed E-state index contributed by atoms with van der Waals surface area (Å²) >= 11 is 3.53. The first-order chi connectivity index (χ1) is 9.65. The molecule has 2 N–H and O–H groups in total. The summed E-state index contributed by atoms with van der Waals surface area (Å²) in [6.45, 7) is 2.02. The van der Waals surface area contributed by atoms with Crippen LogP contribution in [0, 0.1) is 0 Å². The Morgan fingerprint density at radius 3 is 2.85 bits per heavy atom. The van der Waals surface area contributed by atoms with Gasteiger partial charge in [0.25, 0.3) is 0 Å². The molecule has 3 rings (SSSR count). The van der Waals surface area contributed by atoms with E-state index in [9.17, 15) is 0 Å². The second-order valence-corrected chi connectivity index (χ2v) is 5.97. The molecular weight excluding hydrogens is 314 g/mol. The van der Waals surface area contributed by atoms with Gasteiger partial charge in [0.1, 0.15) is 6.33 Å². The lowest BCUT2D eigenvalue weighted by molar-refractivity contribution is 0.734.